The van der Waals surface area contributed by atoms with E-state index in [4.69, 9.17) is 16.7 Å². The lowest BCUT2D eigenvalue weighted by Gasteiger charge is -2.29. The monoisotopic (exact) mass is 437 g/mol. The number of aryl methyl sites for hydroxylation is 1. The van der Waals surface area contributed by atoms with E-state index in [-0.39, 0.29) is 11.5 Å². The molecule has 8 nitrogen and oxygen atoms in total. The minimum atomic E-state index is -0.907. The molecule has 1 amide bonds. The molecule has 3 aromatic heterocycles. The van der Waals surface area contributed by atoms with Gasteiger partial charge in [-0.2, -0.15) is 0 Å². The number of nitrogens with one attached hydrogen (secondary N) is 1. The van der Waals surface area contributed by atoms with Crippen LogP contribution in [0, 0.1) is 6.92 Å². The second kappa shape index (κ2) is 7.39. The smallest absolute Gasteiger partial charge is 0.407 e. The molecular weight excluding hydrogens is 418 g/mol. The molecule has 0 bridgehead atoms. The molecule has 0 unspecified atom stereocenters. The Bertz CT molecular complexity index is 1390. The molecule has 1 fully saturated rings. The van der Waals surface area contributed by atoms with Crippen molar-refractivity contribution in [2.24, 2.45) is 0 Å². The number of hydrogen-bond acceptors (Lipinski definition) is 4. The van der Waals surface area contributed by atoms with Gasteiger partial charge in [-0.25, -0.2) is 14.8 Å². The largest absolute Gasteiger partial charge is 0.465 e. The molecule has 0 saturated carbocycles. The molecule has 1 saturated heterocycles. The van der Waals surface area contributed by atoms with Crippen molar-refractivity contribution in [2.45, 2.75) is 25.7 Å². The molecule has 1 aliphatic rings. The van der Waals surface area contributed by atoms with Gasteiger partial charge in [0.15, 0.2) is 5.65 Å². The van der Waals surface area contributed by atoms with Crippen molar-refractivity contribution < 1.29 is 9.90 Å². The van der Waals surface area contributed by atoms with Crippen LogP contribution < -0.4 is 5.56 Å². The highest BCUT2D eigenvalue weighted by Crippen LogP contribution is 2.29. The van der Waals surface area contributed by atoms with Crippen LogP contribution in [-0.2, 0) is 0 Å². The summed E-state index contributed by atoms with van der Waals surface area (Å²) in [6, 6.07) is 7.43. The number of fused-ring (bicyclic) bond motifs is 2. The van der Waals surface area contributed by atoms with E-state index < -0.39 is 6.09 Å². The van der Waals surface area contributed by atoms with E-state index in [0.29, 0.717) is 53.3 Å². The SMILES string of the molecule is Cc1cn2cc(-c3ccc4nc(C5CCN(C(=O)O)CC5)[nH]c(=O)c4c3)cc(Cl)c2n1. The fourth-order valence-electron chi connectivity index (χ4n) is 4.21. The number of pyridine rings is 1. The first kappa shape index (κ1) is 19.6. The number of benzene rings is 1. The number of carbonyl (C=O) groups is 1. The normalized spacial score (nSPS) is 15.1. The van der Waals surface area contributed by atoms with Gasteiger partial charge in [0.1, 0.15) is 5.82 Å². The fraction of sp³-hybridized carbons (Fsp3) is 0.273. The lowest BCUT2D eigenvalue weighted by molar-refractivity contribution is 0.131. The Hall–Kier alpha value is -3.39. The van der Waals surface area contributed by atoms with E-state index in [1.165, 1.54) is 4.90 Å². The van der Waals surface area contributed by atoms with Crippen molar-refractivity contribution in [2.75, 3.05) is 13.1 Å². The third-order valence-corrected chi connectivity index (χ3v) is 6.11. The zero-order valence-electron chi connectivity index (χ0n) is 16.8. The molecule has 0 radical (unpaired) electrons. The molecule has 0 aliphatic carbocycles. The van der Waals surface area contributed by atoms with Gasteiger partial charge in [-0.05, 0) is 49.1 Å². The van der Waals surface area contributed by atoms with E-state index >= 15 is 0 Å². The highest BCUT2D eigenvalue weighted by atomic mass is 35.5. The lowest BCUT2D eigenvalue weighted by Crippen LogP contribution is -2.37. The third kappa shape index (κ3) is 3.53. The van der Waals surface area contributed by atoms with Crippen molar-refractivity contribution in [3.63, 3.8) is 0 Å². The van der Waals surface area contributed by atoms with Crippen molar-refractivity contribution >= 4 is 34.2 Å². The quantitative estimate of drug-likeness (QED) is 0.492. The average Bonchev–Trinajstić information content (AvgIpc) is 3.14. The Morgan fingerprint density at radius 1 is 1.16 bits per heavy atom. The third-order valence-electron chi connectivity index (χ3n) is 5.84. The number of nitrogens with zero attached hydrogens (tertiary/aromatic N) is 4. The van der Waals surface area contributed by atoms with Crippen molar-refractivity contribution in [3.8, 4) is 11.1 Å². The lowest BCUT2D eigenvalue weighted by atomic mass is 9.96. The summed E-state index contributed by atoms with van der Waals surface area (Å²) in [5, 5.41) is 10.2. The second-order valence-electron chi connectivity index (χ2n) is 7.92. The van der Waals surface area contributed by atoms with Gasteiger partial charge in [-0.1, -0.05) is 17.7 Å². The van der Waals surface area contributed by atoms with Gasteiger partial charge in [-0.3, -0.25) is 4.79 Å². The average molecular weight is 438 g/mol. The Balaban J connectivity index is 1.50. The molecule has 2 N–H and O–H groups in total. The number of carboxylic acid groups (broad SMARTS) is 1. The molecular formula is C22H20ClN5O3. The van der Waals surface area contributed by atoms with E-state index in [1.54, 1.807) is 0 Å². The number of amides is 1. The van der Waals surface area contributed by atoms with Gasteiger partial charge in [0.25, 0.3) is 5.56 Å². The zero-order valence-corrected chi connectivity index (χ0v) is 17.6. The second-order valence-corrected chi connectivity index (χ2v) is 8.32. The molecule has 158 valence electrons. The molecule has 4 aromatic rings. The van der Waals surface area contributed by atoms with Crippen LogP contribution in [-0.4, -0.2) is 48.5 Å². The molecule has 0 atom stereocenters. The van der Waals surface area contributed by atoms with Gasteiger partial charge < -0.3 is 19.4 Å². The summed E-state index contributed by atoms with van der Waals surface area (Å²) in [5.74, 6) is 0.659. The van der Waals surface area contributed by atoms with E-state index in [9.17, 15) is 9.59 Å². The predicted octanol–water partition coefficient (Wildman–Crippen LogP) is 4.06. The summed E-state index contributed by atoms with van der Waals surface area (Å²) >= 11 is 6.41. The topological polar surface area (TPSA) is 104 Å². The van der Waals surface area contributed by atoms with E-state index in [1.807, 2.05) is 48.0 Å². The van der Waals surface area contributed by atoms with Crippen molar-refractivity contribution in [1.29, 1.82) is 0 Å². The summed E-state index contributed by atoms with van der Waals surface area (Å²) in [6.07, 6.45) is 4.22. The first-order valence-corrected chi connectivity index (χ1v) is 10.4. The zero-order chi connectivity index (χ0) is 21.7. The summed E-state index contributed by atoms with van der Waals surface area (Å²) < 4.78 is 1.88. The Morgan fingerprint density at radius 2 is 1.94 bits per heavy atom. The predicted molar refractivity (Wildman–Crippen MR) is 118 cm³/mol. The minimum absolute atomic E-state index is 0.0399. The molecule has 31 heavy (non-hydrogen) atoms. The van der Waals surface area contributed by atoms with E-state index in [2.05, 4.69) is 15.0 Å². The number of halogens is 1. The summed E-state index contributed by atoms with van der Waals surface area (Å²) in [6.45, 7) is 2.79. The van der Waals surface area contributed by atoms with Crippen LogP contribution in [0.2, 0.25) is 5.02 Å². The van der Waals surface area contributed by atoms with Gasteiger partial charge in [0, 0.05) is 31.4 Å². The summed E-state index contributed by atoms with van der Waals surface area (Å²) in [4.78, 5) is 37.3. The highest BCUT2D eigenvalue weighted by Gasteiger charge is 2.25. The Kier molecular flexibility index (Phi) is 4.66. The fourth-order valence-corrected chi connectivity index (χ4v) is 4.47. The van der Waals surface area contributed by atoms with Crippen LogP contribution in [0.1, 0.15) is 30.3 Å². The number of rotatable bonds is 2. The Labute approximate surface area is 182 Å². The molecule has 1 aromatic carbocycles. The van der Waals surface area contributed by atoms with Crippen LogP contribution in [0.25, 0.3) is 27.7 Å². The van der Waals surface area contributed by atoms with Crippen LogP contribution in [0.3, 0.4) is 0 Å². The number of hydrogen-bond donors (Lipinski definition) is 2. The number of aromatic nitrogens is 4. The number of piperidine rings is 1. The van der Waals surface area contributed by atoms with Crippen molar-refractivity contribution in [1.82, 2.24) is 24.3 Å². The van der Waals surface area contributed by atoms with Crippen LogP contribution in [0.15, 0.2) is 41.5 Å². The molecule has 0 spiro atoms. The number of aromatic amines is 1. The standard InChI is InChI=1S/C22H20ClN5O3/c1-12-10-28-11-15(9-17(23)20(28)24-12)14-2-3-18-16(8-14)21(29)26-19(25-18)13-4-6-27(7-5-13)22(30)31/h2-3,8-11,13H,4-7H2,1H3,(H,30,31)(H,25,26,29). The first-order valence-electron chi connectivity index (χ1n) is 10.1. The summed E-state index contributed by atoms with van der Waals surface area (Å²) in [5.41, 5.74) is 3.72. The van der Waals surface area contributed by atoms with Crippen LogP contribution in [0.5, 0.6) is 0 Å². The minimum Gasteiger partial charge on any atom is -0.465 e. The number of likely N-dealkylation sites (tertiary alicyclic amines) is 1. The molecule has 4 heterocycles. The number of H-pyrrole nitrogens is 1. The molecule has 9 heteroatoms. The maximum absolute atomic E-state index is 12.8. The van der Waals surface area contributed by atoms with Crippen LogP contribution >= 0.6 is 11.6 Å². The Morgan fingerprint density at radius 3 is 2.68 bits per heavy atom. The van der Waals surface area contributed by atoms with Crippen molar-refractivity contribution in [3.05, 3.63) is 63.6 Å². The molecule has 5 rings (SSSR count). The highest BCUT2D eigenvalue weighted by molar-refractivity contribution is 6.33. The van der Waals surface area contributed by atoms with Crippen LogP contribution in [0.4, 0.5) is 4.79 Å². The van der Waals surface area contributed by atoms with Gasteiger partial charge >= 0.3 is 6.09 Å². The van der Waals surface area contributed by atoms with Gasteiger partial charge in [-0.15, -0.1) is 0 Å². The van der Waals surface area contributed by atoms with Gasteiger partial charge in [0.05, 0.1) is 21.6 Å². The summed E-state index contributed by atoms with van der Waals surface area (Å²) in [7, 11) is 0. The van der Waals surface area contributed by atoms with Gasteiger partial charge in [0.2, 0.25) is 0 Å². The number of imidazole rings is 1. The first-order chi connectivity index (χ1) is 14.9. The van der Waals surface area contributed by atoms with E-state index in [0.717, 1.165) is 16.8 Å². The maximum Gasteiger partial charge on any atom is 0.407 e. The maximum atomic E-state index is 12.8. The molecule has 1 aliphatic heterocycles.